The zero-order valence-electron chi connectivity index (χ0n) is 9.48. The summed E-state index contributed by atoms with van der Waals surface area (Å²) >= 11 is 0. The standard InChI is InChI=1S/C11H12FN3O3/c12-8-2-1-7(5-9(8)15(17)18)14-10(16)11(6-13)3-4-11/h1-2,5H,3-4,6,13H2,(H,14,16). The number of nitro benzene ring substituents is 1. The van der Waals surface area contributed by atoms with Gasteiger partial charge in [-0.1, -0.05) is 0 Å². The minimum Gasteiger partial charge on any atom is -0.329 e. The van der Waals surface area contributed by atoms with Crippen LogP contribution in [0.15, 0.2) is 18.2 Å². The van der Waals surface area contributed by atoms with Crippen molar-refractivity contribution in [3.63, 3.8) is 0 Å². The van der Waals surface area contributed by atoms with Crippen LogP contribution >= 0.6 is 0 Å². The third-order valence-corrected chi connectivity index (χ3v) is 3.13. The van der Waals surface area contributed by atoms with Gasteiger partial charge in [-0.05, 0) is 25.0 Å². The Morgan fingerprint density at radius 3 is 2.72 bits per heavy atom. The molecule has 6 nitrogen and oxygen atoms in total. The third kappa shape index (κ3) is 2.17. The highest BCUT2D eigenvalue weighted by Gasteiger charge is 2.48. The number of nitro groups is 1. The molecule has 1 aromatic carbocycles. The van der Waals surface area contributed by atoms with E-state index < -0.39 is 21.8 Å². The van der Waals surface area contributed by atoms with E-state index in [1.54, 1.807) is 0 Å². The molecular weight excluding hydrogens is 241 g/mol. The summed E-state index contributed by atoms with van der Waals surface area (Å²) < 4.78 is 13.1. The molecule has 1 aromatic rings. The minimum absolute atomic E-state index is 0.202. The van der Waals surface area contributed by atoms with E-state index in [-0.39, 0.29) is 18.1 Å². The van der Waals surface area contributed by atoms with Crippen molar-refractivity contribution in [1.29, 1.82) is 0 Å². The molecule has 0 radical (unpaired) electrons. The normalized spacial score (nSPS) is 16.1. The topological polar surface area (TPSA) is 98.3 Å². The van der Waals surface area contributed by atoms with E-state index in [1.807, 2.05) is 0 Å². The van der Waals surface area contributed by atoms with Gasteiger partial charge in [-0.15, -0.1) is 0 Å². The van der Waals surface area contributed by atoms with Gasteiger partial charge in [0, 0.05) is 18.3 Å². The Balaban J connectivity index is 2.17. The summed E-state index contributed by atoms with van der Waals surface area (Å²) in [5.74, 6) is -1.20. The van der Waals surface area contributed by atoms with Crippen molar-refractivity contribution < 1.29 is 14.1 Å². The van der Waals surface area contributed by atoms with Crippen LogP contribution in [-0.4, -0.2) is 17.4 Å². The lowest BCUT2D eigenvalue weighted by Crippen LogP contribution is -2.30. The van der Waals surface area contributed by atoms with Crippen molar-refractivity contribution >= 4 is 17.3 Å². The summed E-state index contributed by atoms with van der Waals surface area (Å²) in [6.45, 7) is 0.238. The average molecular weight is 253 g/mol. The highest BCUT2D eigenvalue weighted by atomic mass is 19.1. The molecule has 1 aliphatic carbocycles. The van der Waals surface area contributed by atoms with E-state index in [0.29, 0.717) is 12.8 Å². The Labute approximate surface area is 102 Å². The number of carbonyl (C=O) groups is 1. The molecule has 2 rings (SSSR count). The molecule has 1 amide bonds. The quantitative estimate of drug-likeness (QED) is 0.626. The van der Waals surface area contributed by atoms with Gasteiger partial charge >= 0.3 is 5.69 Å². The summed E-state index contributed by atoms with van der Waals surface area (Å²) in [5.41, 5.74) is 4.48. The van der Waals surface area contributed by atoms with Crippen LogP contribution in [-0.2, 0) is 4.79 Å². The molecular formula is C11H12FN3O3. The number of nitrogens with two attached hydrogens (primary N) is 1. The molecule has 0 spiro atoms. The number of carbonyl (C=O) groups excluding carboxylic acids is 1. The van der Waals surface area contributed by atoms with Gasteiger partial charge in [-0.3, -0.25) is 14.9 Å². The second-order valence-electron chi connectivity index (χ2n) is 4.36. The van der Waals surface area contributed by atoms with Crippen molar-refractivity contribution in [2.75, 3.05) is 11.9 Å². The van der Waals surface area contributed by atoms with Crippen LogP contribution in [0.2, 0.25) is 0 Å². The number of nitrogens with one attached hydrogen (secondary N) is 1. The van der Waals surface area contributed by atoms with Gasteiger partial charge in [-0.25, -0.2) is 0 Å². The number of nitrogens with zero attached hydrogens (tertiary/aromatic N) is 1. The second-order valence-corrected chi connectivity index (χ2v) is 4.36. The first kappa shape index (κ1) is 12.4. The van der Waals surface area contributed by atoms with Crippen LogP contribution in [0.5, 0.6) is 0 Å². The highest BCUT2D eigenvalue weighted by molar-refractivity contribution is 5.97. The Morgan fingerprint density at radius 2 is 2.22 bits per heavy atom. The number of rotatable bonds is 4. The van der Waals surface area contributed by atoms with Gasteiger partial charge in [0.25, 0.3) is 0 Å². The van der Waals surface area contributed by atoms with Crippen LogP contribution in [0.3, 0.4) is 0 Å². The van der Waals surface area contributed by atoms with Gasteiger partial charge in [-0.2, -0.15) is 4.39 Å². The highest BCUT2D eigenvalue weighted by Crippen LogP contribution is 2.45. The van der Waals surface area contributed by atoms with Crippen molar-refractivity contribution in [2.45, 2.75) is 12.8 Å². The molecule has 0 unspecified atom stereocenters. The molecule has 1 aliphatic rings. The summed E-state index contributed by atoms with van der Waals surface area (Å²) in [5, 5.41) is 13.1. The van der Waals surface area contributed by atoms with Crippen molar-refractivity contribution in [3.8, 4) is 0 Å². The van der Waals surface area contributed by atoms with Crippen LogP contribution in [0.4, 0.5) is 15.8 Å². The summed E-state index contributed by atoms with van der Waals surface area (Å²) in [7, 11) is 0. The smallest absolute Gasteiger partial charge is 0.306 e. The molecule has 96 valence electrons. The first-order valence-electron chi connectivity index (χ1n) is 5.44. The molecule has 0 saturated heterocycles. The number of amides is 1. The van der Waals surface area contributed by atoms with Crippen molar-refractivity contribution in [1.82, 2.24) is 0 Å². The van der Waals surface area contributed by atoms with Crippen LogP contribution in [0.25, 0.3) is 0 Å². The van der Waals surface area contributed by atoms with E-state index in [4.69, 9.17) is 5.73 Å². The first-order valence-corrected chi connectivity index (χ1v) is 5.44. The largest absolute Gasteiger partial charge is 0.329 e. The zero-order valence-corrected chi connectivity index (χ0v) is 9.48. The van der Waals surface area contributed by atoms with E-state index in [2.05, 4.69) is 5.32 Å². The number of hydrogen-bond acceptors (Lipinski definition) is 4. The molecule has 0 atom stereocenters. The fraction of sp³-hybridized carbons (Fsp3) is 0.364. The Hall–Kier alpha value is -2.02. The molecule has 7 heteroatoms. The maximum atomic E-state index is 13.1. The summed E-state index contributed by atoms with van der Waals surface area (Å²) in [4.78, 5) is 21.6. The molecule has 3 N–H and O–H groups in total. The fourth-order valence-corrected chi connectivity index (χ4v) is 1.67. The maximum absolute atomic E-state index is 13.1. The second kappa shape index (κ2) is 4.34. The number of halogens is 1. The number of benzene rings is 1. The molecule has 0 bridgehead atoms. The molecule has 1 saturated carbocycles. The molecule has 0 aliphatic heterocycles. The third-order valence-electron chi connectivity index (χ3n) is 3.13. The maximum Gasteiger partial charge on any atom is 0.306 e. The lowest BCUT2D eigenvalue weighted by molar-refractivity contribution is -0.387. The average Bonchev–Trinajstić information content (AvgIpc) is 3.12. The minimum atomic E-state index is -0.932. The van der Waals surface area contributed by atoms with Gasteiger partial charge in [0.1, 0.15) is 0 Å². The lowest BCUT2D eigenvalue weighted by Gasteiger charge is -2.12. The van der Waals surface area contributed by atoms with Gasteiger partial charge in [0.2, 0.25) is 11.7 Å². The Bertz CT molecular complexity index is 514. The van der Waals surface area contributed by atoms with Crippen molar-refractivity contribution in [2.24, 2.45) is 11.1 Å². The van der Waals surface area contributed by atoms with Crippen LogP contribution < -0.4 is 11.1 Å². The van der Waals surface area contributed by atoms with Crippen LogP contribution in [0.1, 0.15) is 12.8 Å². The summed E-state index contributed by atoms with van der Waals surface area (Å²) in [6, 6.07) is 3.24. The SMILES string of the molecule is NCC1(C(=O)Nc2ccc(F)c([N+](=O)[O-])c2)CC1. The Kier molecular flexibility index (Phi) is 3.00. The predicted octanol–water partition coefficient (Wildman–Crippen LogP) is 1.41. The number of hydrogen-bond donors (Lipinski definition) is 2. The Morgan fingerprint density at radius 1 is 1.56 bits per heavy atom. The van der Waals surface area contributed by atoms with Crippen molar-refractivity contribution in [3.05, 3.63) is 34.1 Å². The monoisotopic (exact) mass is 253 g/mol. The molecule has 1 fully saturated rings. The zero-order chi connectivity index (χ0) is 13.3. The predicted molar refractivity (Wildman–Crippen MR) is 62.4 cm³/mol. The van der Waals surface area contributed by atoms with E-state index in [1.165, 1.54) is 6.07 Å². The first-order chi connectivity index (χ1) is 8.48. The van der Waals surface area contributed by atoms with Gasteiger partial charge < -0.3 is 11.1 Å². The van der Waals surface area contributed by atoms with E-state index in [0.717, 1.165) is 12.1 Å². The van der Waals surface area contributed by atoms with Gasteiger partial charge in [0.05, 0.1) is 10.3 Å². The van der Waals surface area contributed by atoms with E-state index >= 15 is 0 Å². The molecule has 0 heterocycles. The fourth-order valence-electron chi connectivity index (χ4n) is 1.67. The van der Waals surface area contributed by atoms with Gasteiger partial charge in [0.15, 0.2) is 0 Å². The molecule has 18 heavy (non-hydrogen) atoms. The van der Waals surface area contributed by atoms with Crippen LogP contribution in [0, 0.1) is 21.3 Å². The molecule has 0 aromatic heterocycles. The van der Waals surface area contributed by atoms with E-state index in [9.17, 15) is 19.3 Å². The lowest BCUT2D eigenvalue weighted by atomic mass is 10.1. The summed E-state index contributed by atoms with van der Waals surface area (Å²) in [6.07, 6.45) is 1.41. The number of anilines is 1.